The molecular weight excluding hydrogens is 520 g/mol. The van der Waals surface area contributed by atoms with E-state index in [-0.39, 0.29) is 23.9 Å². The van der Waals surface area contributed by atoms with Crippen LogP contribution in [0.1, 0.15) is 13.8 Å². The van der Waals surface area contributed by atoms with E-state index in [1.54, 1.807) is 0 Å². The van der Waals surface area contributed by atoms with Gasteiger partial charge in [0.2, 0.25) is 0 Å². The minimum Gasteiger partial charge on any atom is -0.388 e. The quantitative estimate of drug-likeness (QED) is 0.0415. The minimum atomic E-state index is -1.43. The lowest BCUT2D eigenvalue weighted by molar-refractivity contribution is -0.162. The molecule has 0 unspecified atom stereocenters. The molecule has 8 N–H and O–H groups in total. The molecule has 0 rings (SSSR count). The van der Waals surface area contributed by atoms with Crippen LogP contribution in [-0.2, 0) is 28.7 Å². The maximum absolute atomic E-state index is 12.1. The lowest BCUT2D eigenvalue weighted by Gasteiger charge is -2.21. The van der Waals surface area contributed by atoms with E-state index in [1.165, 1.54) is 49.8 Å². The fraction of sp³-hybridized carbons (Fsp3) is 0.600. The van der Waals surface area contributed by atoms with Crippen molar-refractivity contribution < 1.29 is 28.7 Å². The van der Waals surface area contributed by atoms with Crippen molar-refractivity contribution in [1.82, 2.24) is 10.6 Å². The molecule has 15 heteroatoms. The molecule has 0 aliphatic heterocycles. The van der Waals surface area contributed by atoms with E-state index in [0.717, 1.165) is 0 Å². The third-order valence-electron chi connectivity index (χ3n) is 3.82. The van der Waals surface area contributed by atoms with Crippen LogP contribution in [0, 0.1) is 10.8 Å². The first kappa shape index (κ1) is 35.4. The van der Waals surface area contributed by atoms with Crippen LogP contribution in [0.3, 0.4) is 0 Å². The number of nitrogens with two attached hydrogens (primary N) is 2. The summed E-state index contributed by atoms with van der Waals surface area (Å²) in [5.74, 6) is -2.53. The third-order valence-corrected chi connectivity index (χ3v) is 6.41. The predicted molar refractivity (Wildman–Crippen MR) is 142 cm³/mol. The van der Waals surface area contributed by atoms with Gasteiger partial charge in [0.1, 0.15) is 11.1 Å². The average Bonchev–Trinajstić information content (AvgIpc) is 2.77. The van der Waals surface area contributed by atoms with Gasteiger partial charge in [0.25, 0.3) is 0 Å². The molecule has 0 amide bonds. The van der Waals surface area contributed by atoms with Crippen LogP contribution in [0.15, 0.2) is 12.2 Å². The average molecular weight is 555 g/mol. The highest BCUT2D eigenvalue weighted by Crippen LogP contribution is 2.13. The summed E-state index contributed by atoms with van der Waals surface area (Å²) >= 11 is 2.75. The normalized spacial score (nSPS) is 14.2. The van der Waals surface area contributed by atoms with Crippen molar-refractivity contribution in [2.45, 2.75) is 24.9 Å². The van der Waals surface area contributed by atoms with Crippen LogP contribution < -0.4 is 22.1 Å². The number of esters is 4. The molecule has 0 fully saturated rings. The first-order chi connectivity index (χ1) is 16.0. The Kier molecular flexibility index (Phi) is 19.6. The summed E-state index contributed by atoms with van der Waals surface area (Å²) in [5, 5.41) is 19.8. The number of thioether (sulfide) groups is 2. The molecular formula is C20H35ClN6O6S2. The number of rotatable bonds is 18. The van der Waals surface area contributed by atoms with Gasteiger partial charge in [0.15, 0.2) is 0 Å². The van der Waals surface area contributed by atoms with Crippen molar-refractivity contribution in [1.29, 1.82) is 10.8 Å². The molecule has 0 radical (unpaired) electrons. The van der Waals surface area contributed by atoms with Crippen LogP contribution >= 0.6 is 35.9 Å². The molecule has 0 spiro atoms. The molecule has 12 nitrogen and oxygen atoms in total. The molecule has 0 aromatic heterocycles. The monoisotopic (exact) mass is 554 g/mol. The Morgan fingerprint density at radius 2 is 1.14 bits per heavy atom. The van der Waals surface area contributed by atoms with Crippen LogP contribution in [0.2, 0.25) is 0 Å². The van der Waals surface area contributed by atoms with Crippen molar-refractivity contribution >= 4 is 72.2 Å². The maximum atomic E-state index is 12.1. The van der Waals surface area contributed by atoms with E-state index in [0.29, 0.717) is 49.8 Å². The van der Waals surface area contributed by atoms with Gasteiger partial charge in [0.05, 0.1) is 0 Å². The van der Waals surface area contributed by atoms with E-state index >= 15 is 0 Å². The molecule has 2 atom stereocenters. The topological polar surface area (TPSA) is 211 Å². The Bertz CT molecular complexity index is 692. The lowest BCUT2D eigenvalue weighted by atomic mass is 10.1. The second kappa shape index (κ2) is 19.4. The van der Waals surface area contributed by atoms with Gasteiger partial charge in [-0.05, 0) is 13.8 Å². The standard InChI is InChI=1S/C20H34N6O6S2.ClH/c1-19(23,13-33-11-9-25-7-5-21)17(29)31-15(27)3-4-16(28)32-18(30)20(2,24)14-34-12-10-26-8-6-22;/h3-6,21-22,25-26H,7-14,23-24H2,1-2H3;1H/b4-3-,21-5?,22-6?;/t19-,20-;/m0./s1. The number of halogens is 1. The predicted octanol–water partition coefficient (Wildman–Crippen LogP) is -0.516. The maximum Gasteiger partial charge on any atom is 0.338 e. The Morgan fingerprint density at radius 3 is 1.46 bits per heavy atom. The molecule has 0 aliphatic carbocycles. The van der Waals surface area contributed by atoms with Crippen LogP contribution in [0.5, 0.6) is 0 Å². The van der Waals surface area contributed by atoms with Gasteiger partial charge in [-0.15, -0.1) is 12.4 Å². The number of carbonyl (C=O) groups is 4. The fourth-order valence-electron chi connectivity index (χ4n) is 1.94. The molecule has 0 aromatic carbocycles. The number of nitrogens with one attached hydrogen (secondary N) is 4. The van der Waals surface area contributed by atoms with Crippen LogP contribution in [0.25, 0.3) is 0 Å². The first-order valence-corrected chi connectivity index (χ1v) is 12.6. The molecule has 0 saturated heterocycles. The van der Waals surface area contributed by atoms with E-state index in [1.807, 2.05) is 0 Å². The molecule has 0 aromatic rings. The van der Waals surface area contributed by atoms with Crippen molar-refractivity contribution in [2.75, 3.05) is 49.2 Å². The molecule has 35 heavy (non-hydrogen) atoms. The summed E-state index contributed by atoms with van der Waals surface area (Å²) in [5.41, 5.74) is 8.94. The zero-order chi connectivity index (χ0) is 26.0. The van der Waals surface area contributed by atoms with Gasteiger partial charge in [-0.2, -0.15) is 23.5 Å². The van der Waals surface area contributed by atoms with E-state index < -0.39 is 35.0 Å². The molecule has 0 aliphatic rings. The van der Waals surface area contributed by atoms with Gasteiger partial charge in [-0.3, -0.25) is 0 Å². The van der Waals surface area contributed by atoms with Crippen molar-refractivity contribution in [2.24, 2.45) is 11.5 Å². The summed E-state index contributed by atoms with van der Waals surface area (Å²) in [6.45, 7) is 4.98. The highest BCUT2D eigenvalue weighted by molar-refractivity contribution is 7.99. The first-order valence-electron chi connectivity index (χ1n) is 10.3. The van der Waals surface area contributed by atoms with E-state index in [2.05, 4.69) is 20.1 Å². The van der Waals surface area contributed by atoms with Gasteiger partial charge < -0.3 is 42.4 Å². The Hall–Kier alpha value is -1.81. The largest absolute Gasteiger partial charge is 0.388 e. The number of carbonyl (C=O) groups excluding carboxylic acids is 4. The van der Waals surface area contributed by atoms with Gasteiger partial charge >= 0.3 is 23.9 Å². The Labute approximate surface area is 219 Å². The van der Waals surface area contributed by atoms with E-state index in [4.69, 9.17) is 22.3 Å². The van der Waals surface area contributed by atoms with Gasteiger partial charge in [0, 0.05) is 73.8 Å². The third kappa shape index (κ3) is 17.3. The zero-order valence-corrected chi connectivity index (χ0v) is 22.2. The number of hydrogen-bond donors (Lipinski definition) is 6. The highest BCUT2D eigenvalue weighted by atomic mass is 35.5. The molecule has 0 heterocycles. The Balaban J connectivity index is 0. The second-order valence-electron chi connectivity index (χ2n) is 7.51. The summed E-state index contributed by atoms with van der Waals surface area (Å²) in [6, 6.07) is 0. The van der Waals surface area contributed by atoms with Crippen molar-refractivity contribution in [3.8, 4) is 0 Å². The Morgan fingerprint density at radius 1 is 0.800 bits per heavy atom. The van der Waals surface area contributed by atoms with Crippen LogP contribution in [-0.4, -0.2) is 96.6 Å². The van der Waals surface area contributed by atoms with Crippen LogP contribution in [0.4, 0.5) is 0 Å². The summed E-state index contributed by atoms with van der Waals surface area (Å²) in [7, 11) is 0. The zero-order valence-electron chi connectivity index (χ0n) is 19.8. The number of ether oxygens (including phenoxy) is 2. The summed E-state index contributed by atoms with van der Waals surface area (Å²) < 4.78 is 9.28. The highest BCUT2D eigenvalue weighted by Gasteiger charge is 2.33. The summed E-state index contributed by atoms with van der Waals surface area (Å²) in [6.07, 6.45) is 3.79. The van der Waals surface area contributed by atoms with Crippen molar-refractivity contribution in [3.05, 3.63) is 12.2 Å². The van der Waals surface area contributed by atoms with Crippen molar-refractivity contribution in [3.63, 3.8) is 0 Å². The lowest BCUT2D eigenvalue weighted by Crippen LogP contribution is -2.49. The second-order valence-corrected chi connectivity index (χ2v) is 9.72. The minimum absolute atomic E-state index is 0. The number of hydrogen-bond acceptors (Lipinski definition) is 14. The molecule has 0 saturated carbocycles. The smallest absolute Gasteiger partial charge is 0.338 e. The fourth-order valence-corrected chi connectivity index (χ4v) is 3.89. The summed E-state index contributed by atoms with van der Waals surface area (Å²) in [4.78, 5) is 47.9. The van der Waals surface area contributed by atoms with Gasteiger partial charge in [-0.1, -0.05) is 0 Å². The molecule has 0 bridgehead atoms. The van der Waals surface area contributed by atoms with Gasteiger partial charge in [-0.25, -0.2) is 19.2 Å². The molecule has 200 valence electrons. The SMILES string of the molecule is C[C@](N)(CSCCNCC=N)C(=O)OC(=O)/C=C\C(=O)OC(=O)[C@@](C)(N)CSCCNCC=N.Cl. The van der Waals surface area contributed by atoms with E-state index in [9.17, 15) is 19.2 Å².